The molecule has 0 atom stereocenters. The Morgan fingerprint density at radius 3 is 2.56 bits per heavy atom. The molecule has 0 bridgehead atoms. The number of benzene rings is 1. The molecule has 1 saturated carbocycles. The fourth-order valence-corrected chi connectivity index (χ4v) is 3.97. The molecule has 3 aromatic heterocycles. The van der Waals surface area contributed by atoms with E-state index in [1.165, 1.54) is 24.7 Å². The average molecular weight is 455 g/mol. The molecule has 7 nitrogen and oxygen atoms in total. The van der Waals surface area contributed by atoms with Crippen molar-refractivity contribution in [3.05, 3.63) is 82.6 Å². The van der Waals surface area contributed by atoms with Crippen LogP contribution in [-0.4, -0.2) is 19.4 Å². The Labute approximate surface area is 200 Å². The fourth-order valence-electron chi connectivity index (χ4n) is 3.97. The molecule has 4 aromatic rings. The lowest BCUT2D eigenvalue weighted by molar-refractivity contribution is 0.289. The average Bonchev–Trinajstić information content (AvgIpc) is 3.62. The first-order valence-electron chi connectivity index (χ1n) is 11.8. The zero-order valence-electron chi connectivity index (χ0n) is 20.2. The van der Waals surface area contributed by atoms with E-state index in [4.69, 9.17) is 10.00 Å². The topological polar surface area (TPSA) is 88.1 Å². The number of rotatable bonds is 7. The van der Waals surface area contributed by atoms with E-state index in [0.29, 0.717) is 36.3 Å². The molecule has 0 saturated heterocycles. The number of anilines is 1. The van der Waals surface area contributed by atoms with Crippen LogP contribution < -0.4 is 10.1 Å². The molecule has 1 N–H and O–H groups in total. The minimum absolute atomic E-state index is 0.338. The number of imidazole rings is 1. The molecule has 0 spiro atoms. The van der Waals surface area contributed by atoms with E-state index in [2.05, 4.69) is 49.1 Å². The fraction of sp³-hybridized carbons (Fsp3) is 0.333. The molecule has 1 aromatic carbocycles. The molecular weight excluding hydrogens is 424 g/mol. The van der Waals surface area contributed by atoms with Crippen molar-refractivity contribution in [3.63, 3.8) is 0 Å². The van der Waals surface area contributed by atoms with Crippen molar-refractivity contribution < 1.29 is 4.74 Å². The van der Waals surface area contributed by atoms with Gasteiger partial charge in [0.25, 0.3) is 0 Å². The Hall–Kier alpha value is -3.92. The van der Waals surface area contributed by atoms with Gasteiger partial charge >= 0.3 is 0 Å². The zero-order valence-corrected chi connectivity index (χ0v) is 20.2. The number of aryl methyl sites for hydroxylation is 2. The molecular formula is C27H30N6O. The van der Waals surface area contributed by atoms with Crippen LogP contribution in [0.3, 0.4) is 0 Å². The summed E-state index contributed by atoms with van der Waals surface area (Å²) >= 11 is 0. The number of hydrogen-bond acceptors (Lipinski definition) is 6. The predicted molar refractivity (Wildman–Crippen MR) is 133 cm³/mol. The van der Waals surface area contributed by atoms with E-state index in [0.717, 1.165) is 28.0 Å². The minimum atomic E-state index is 0.338. The highest BCUT2D eigenvalue weighted by Gasteiger charge is 2.23. The molecule has 7 heteroatoms. The number of aromatic nitrogens is 4. The van der Waals surface area contributed by atoms with Gasteiger partial charge in [-0.25, -0.2) is 15.0 Å². The van der Waals surface area contributed by atoms with Crippen LogP contribution in [0.4, 0.5) is 5.82 Å². The summed E-state index contributed by atoms with van der Waals surface area (Å²) in [6, 6.07) is 12.0. The summed E-state index contributed by atoms with van der Waals surface area (Å²) < 4.78 is 7.95. The Bertz CT molecular complexity index is 1310. The van der Waals surface area contributed by atoms with Crippen molar-refractivity contribution in [1.29, 1.82) is 5.26 Å². The summed E-state index contributed by atoms with van der Waals surface area (Å²) in [7, 11) is 0. The van der Waals surface area contributed by atoms with Gasteiger partial charge < -0.3 is 14.5 Å². The van der Waals surface area contributed by atoms with Gasteiger partial charge in [-0.2, -0.15) is 5.26 Å². The highest BCUT2D eigenvalue weighted by Crippen LogP contribution is 2.39. The van der Waals surface area contributed by atoms with Gasteiger partial charge in [-0.3, -0.25) is 0 Å². The van der Waals surface area contributed by atoms with E-state index in [1.54, 1.807) is 6.07 Å². The molecule has 3 heterocycles. The lowest BCUT2D eigenvalue weighted by Crippen LogP contribution is -2.06. The van der Waals surface area contributed by atoms with Crippen LogP contribution in [0.15, 0.2) is 49.1 Å². The standard InChI is InChI=1S/C25H24N6O.C2H6/c1-16-7-18(10-26)8-17(2)22(16)11-27-23-9-25(29-15-28-23)32-14-21-13-31-12-20(19-3-4-19)5-6-24(31)30-21;1-2/h5-9,12-13,15,19H,3-4,11,14H2,1-2H3,(H,27,28,29);1-2H3. The second-order valence-corrected chi connectivity index (χ2v) is 8.32. The monoisotopic (exact) mass is 454 g/mol. The maximum Gasteiger partial charge on any atom is 0.218 e. The van der Waals surface area contributed by atoms with Crippen molar-refractivity contribution >= 4 is 11.5 Å². The Morgan fingerprint density at radius 1 is 1.09 bits per heavy atom. The van der Waals surface area contributed by atoms with Crippen molar-refractivity contribution in [1.82, 2.24) is 19.4 Å². The van der Waals surface area contributed by atoms with Gasteiger partial charge in [0, 0.05) is 25.0 Å². The Balaban J connectivity index is 0.00000133. The van der Waals surface area contributed by atoms with E-state index < -0.39 is 0 Å². The molecule has 0 amide bonds. The summed E-state index contributed by atoms with van der Waals surface area (Å²) in [5, 5.41) is 12.5. The second-order valence-electron chi connectivity index (χ2n) is 8.32. The first kappa shape index (κ1) is 23.2. The van der Waals surface area contributed by atoms with Crippen molar-refractivity contribution in [2.45, 2.75) is 59.6 Å². The van der Waals surface area contributed by atoms with Crippen LogP contribution in [-0.2, 0) is 13.2 Å². The van der Waals surface area contributed by atoms with Gasteiger partial charge in [-0.1, -0.05) is 19.9 Å². The van der Waals surface area contributed by atoms with Crippen LogP contribution >= 0.6 is 0 Å². The first-order valence-corrected chi connectivity index (χ1v) is 11.8. The smallest absolute Gasteiger partial charge is 0.218 e. The molecule has 0 aliphatic heterocycles. The lowest BCUT2D eigenvalue weighted by Gasteiger charge is -2.12. The maximum atomic E-state index is 9.12. The van der Waals surface area contributed by atoms with Gasteiger partial charge in [0.1, 0.15) is 24.4 Å². The van der Waals surface area contributed by atoms with Gasteiger partial charge in [0.05, 0.1) is 17.3 Å². The zero-order chi connectivity index (χ0) is 24.1. The summed E-state index contributed by atoms with van der Waals surface area (Å²) in [5.41, 5.74) is 7.15. The minimum Gasteiger partial charge on any atom is -0.471 e. The highest BCUT2D eigenvalue weighted by atomic mass is 16.5. The quantitative estimate of drug-likeness (QED) is 0.385. The second kappa shape index (κ2) is 10.3. The van der Waals surface area contributed by atoms with E-state index in [1.807, 2.05) is 46.0 Å². The number of fused-ring (bicyclic) bond motifs is 1. The van der Waals surface area contributed by atoms with Gasteiger partial charge in [0.2, 0.25) is 5.88 Å². The molecule has 174 valence electrons. The molecule has 5 rings (SSSR count). The third-order valence-electron chi connectivity index (χ3n) is 5.85. The van der Waals surface area contributed by atoms with Crippen LogP contribution in [0.1, 0.15) is 66.1 Å². The van der Waals surface area contributed by atoms with E-state index in [9.17, 15) is 0 Å². The number of hydrogen-bond donors (Lipinski definition) is 1. The molecule has 0 unspecified atom stereocenters. The molecule has 0 radical (unpaired) electrons. The summed E-state index contributed by atoms with van der Waals surface area (Å²) in [5.74, 6) is 1.89. The Kier molecular flexibility index (Phi) is 7.07. The number of pyridine rings is 1. The van der Waals surface area contributed by atoms with Crippen LogP contribution in [0.2, 0.25) is 0 Å². The number of nitriles is 1. The van der Waals surface area contributed by atoms with Crippen LogP contribution in [0, 0.1) is 25.2 Å². The molecule has 1 aliphatic carbocycles. The highest BCUT2D eigenvalue weighted by molar-refractivity contribution is 5.46. The third-order valence-corrected chi connectivity index (χ3v) is 5.85. The Morgan fingerprint density at radius 2 is 1.85 bits per heavy atom. The van der Waals surface area contributed by atoms with Crippen molar-refractivity contribution in [2.75, 3.05) is 5.32 Å². The lowest BCUT2D eigenvalue weighted by atomic mass is 10.00. The molecule has 1 fully saturated rings. The van der Waals surface area contributed by atoms with Crippen molar-refractivity contribution in [2.24, 2.45) is 0 Å². The maximum absolute atomic E-state index is 9.12. The van der Waals surface area contributed by atoms with Crippen LogP contribution in [0.25, 0.3) is 5.65 Å². The summed E-state index contributed by atoms with van der Waals surface area (Å²) in [6.07, 6.45) is 8.23. The molecule has 34 heavy (non-hydrogen) atoms. The van der Waals surface area contributed by atoms with E-state index >= 15 is 0 Å². The number of nitrogens with zero attached hydrogens (tertiary/aromatic N) is 5. The van der Waals surface area contributed by atoms with Crippen molar-refractivity contribution in [3.8, 4) is 11.9 Å². The van der Waals surface area contributed by atoms with Crippen LogP contribution in [0.5, 0.6) is 5.88 Å². The van der Waals surface area contributed by atoms with E-state index in [-0.39, 0.29) is 0 Å². The largest absolute Gasteiger partial charge is 0.471 e. The molecule has 1 aliphatic rings. The number of nitrogens with one attached hydrogen (secondary N) is 1. The normalized spacial score (nSPS) is 12.6. The van der Waals surface area contributed by atoms with Gasteiger partial charge in [0.15, 0.2) is 0 Å². The SMILES string of the molecule is CC.Cc1cc(C#N)cc(C)c1CNc1cc(OCc2cn3cc(C4CC4)ccc3n2)ncn1. The summed E-state index contributed by atoms with van der Waals surface area (Å²) in [6.45, 7) is 8.98. The summed E-state index contributed by atoms with van der Waals surface area (Å²) in [4.78, 5) is 13.2. The van der Waals surface area contributed by atoms with Gasteiger partial charge in [-0.15, -0.1) is 0 Å². The number of ether oxygens (including phenoxy) is 1. The predicted octanol–water partition coefficient (Wildman–Crippen LogP) is 5.71. The third kappa shape index (κ3) is 5.34. The first-order chi connectivity index (χ1) is 16.6. The van der Waals surface area contributed by atoms with Gasteiger partial charge in [-0.05, 0) is 73.1 Å².